The number of carbonyl (C=O) groups excluding carboxylic acids is 4. The Bertz CT molecular complexity index is 1440. The average molecular weight is 613 g/mol. The molecule has 0 bridgehead atoms. The minimum Gasteiger partial charge on any atom is -0.481 e. The molecule has 10 atom stereocenters. The first-order valence-corrected chi connectivity index (χ1v) is 14.6. The molecular formula is C33H40O11. The Morgan fingerprint density at radius 2 is 1.77 bits per heavy atom. The monoisotopic (exact) mass is 612 g/mol. The van der Waals surface area contributed by atoms with E-state index in [0.29, 0.717) is 12.0 Å². The van der Waals surface area contributed by atoms with Crippen molar-refractivity contribution in [3.8, 4) is 0 Å². The first-order chi connectivity index (χ1) is 20.5. The maximum Gasteiger partial charge on any atom is 0.347 e. The fourth-order valence-electron chi connectivity index (χ4n) is 8.98. The summed E-state index contributed by atoms with van der Waals surface area (Å²) in [5, 5.41) is 10.1. The van der Waals surface area contributed by atoms with Gasteiger partial charge in [0.25, 0.3) is 5.95 Å². The van der Waals surface area contributed by atoms with Gasteiger partial charge in [0, 0.05) is 42.4 Å². The second-order valence-corrected chi connectivity index (χ2v) is 13.3. The van der Waals surface area contributed by atoms with Crippen LogP contribution in [0.15, 0.2) is 59.8 Å². The SMILES string of the molecule is C=C(O)OC(C(=O)OC)C1C(C)(C)C(=O)C=CC1(C)C1C(=C)C23OC2CC(c2ccoc2)C3(C)C(OC(C)=O)C1OC(C)=O. The Labute approximate surface area is 256 Å². The lowest BCUT2D eigenvalue weighted by molar-refractivity contribution is -0.211. The van der Waals surface area contributed by atoms with E-state index >= 15 is 0 Å². The number of aliphatic hydroxyl groups is 1. The van der Waals surface area contributed by atoms with Gasteiger partial charge in [-0.15, -0.1) is 0 Å². The van der Waals surface area contributed by atoms with Crippen LogP contribution in [0, 0.1) is 28.1 Å². The zero-order valence-electron chi connectivity index (χ0n) is 26.1. The number of aliphatic hydroxyl groups excluding tert-OH is 1. The van der Waals surface area contributed by atoms with E-state index in [1.165, 1.54) is 27.0 Å². The van der Waals surface area contributed by atoms with Gasteiger partial charge in [-0.3, -0.25) is 14.4 Å². The lowest BCUT2D eigenvalue weighted by Gasteiger charge is -2.60. The topological polar surface area (TPSA) is 151 Å². The van der Waals surface area contributed by atoms with Gasteiger partial charge in [0.15, 0.2) is 5.78 Å². The van der Waals surface area contributed by atoms with Crippen LogP contribution in [-0.4, -0.2) is 65.9 Å². The molecule has 1 aromatic rings. The van der Waals surface area contributed by atoms with Crippen LogP contribution >= 0.6 is 0 Å². The quantitative estimate of drug-likeness (QED) is 0.147. The van der Waals surface area contributed by atoms with Gasteiger partial charge in [-0.05, 0) is 36.3 Å². The normalized spacial score (nSPS) is 39.0. The van der Waals surface area contributed by atoms with Crippen LogP contribution < -0.4 is 0 Å². The van der Waals surface area contributed by atoms with Crippen molar-refractivity contribution in [3.05, 3.63) is 61.0 Å². The molecule has 11 nitrogen and oxygen atoms in total. The number of rotatable bonds is 8. The minimum absolute atomic E-state index is 0.215. The van der Waals surface area contributed by atoms with Gasteiger partial charge in [-0.1, -0.05) is 40.3 Å². The van der Waals surface area contributed by atoms with Crippen LogP contribution in [0.4, 0.5) is 0 Å². The van der Waals surface area contributed by atoms with Crippen LogP contribution in [-0.2, 0) is 42.9 Å². The average Bonchev–Trinajstić information content (AvgIpc) is 3.27. The third-order valence-electron chi connectivity index (χ3n) is 10.7. The van der Waals surface area contributed by atoms with Crippen molar-refractivity contribution in [3.63, 3.8) is 0 Å². The Hall–Kier alpha value is -3.86. The molecule has 44 heavy (non-hydrogen) atoms. The highest BCUT2D eigenvalue weighted by molar-refractivity contribution is 5.96. The lowest BCUT2D eigenvalue weighted by Crippen LogP contribution is -2.67. The number of methoxy groups -OCH3 is 1. The van der Waals surface area contributed by atoms with Gasteiger partial charge >= 0.3 is 17.9 Å². The molecule has 2 heterocycles. The summed E-state index contributed by atoms with van der Waals surface area (Å²) in [7, 11) is 1.17. The molecule has 238 valence electrons. The van der Waals surface area contributed by atoms with E-state index in [1.807, 2.05) is 13.0 Å². The number of hydrogen-bond acceptors (Lipinski definition) is 11. The highest BCUT2D eigenvalue weighted by Gasteiger charge is 2.84. The van der Waals surface area contributed by atoms with E-state index in [1.54, 1.807) is 39.4 Å². The van der Waals surface area contributed by atoms with Gasteiger partial charge < -0.3 is 33.2 Å². The predicted octanol–water partition coefficient (Wildman–Crippen LogP) is 4.34. The number of epoxide rings is 1. The molecule has 0 radical (unpaired) electrons. The Kier molecular flexibility index (Phi) is 7.43. The molecule has 1 saturated heterocycles. The zero-order valence-corrected chi connectivity index (χ0v) is 26.1. The fourth-order valence-corrected chi connectivity index (χ4v) is 8.98. The molecule has 0 amide bonds. The number of carbonyl (C=O) groups is 4. The van der Waals surface area contributed by atoms with Crippen LogP contribution in [0.25, 0.3) is 0 Å². The van der Waals surface area contributed by atoms with Gasteiger partial charge in [-0.25, -0.2) is 4.79 Å². The summed E-state index contributed by atoms with van der Waals surface area (Å²) in [4.78, 5) is 52.3. The molecule has 3 fully saturated rings. The highest BCUT2D eigenvalue weighted by atomic mass is 16.6. The van der Waals surface area contributed by atoms with Crippen molar-refractivity contribution in [2.24, 2.45) is 28.1 Å². The number of hydrogen-bond donors (Lipinski definition) is 1. The summed E-state index contributed by atoms with van der Waals surface area (Å²) in [6.45, 7) is 17.6. The summed E-state index contributed by atoms with van der Waals surface area (Å²) >= 11 is 0. The Morgan fingerprint density at radius 3 is 2.32 bits per heavy atom. The fraction of sp³-hybridized carbons (Fsp3) is 0.576. The van der Waals surface area contributed by atoms with Gasteiger partial charge in [-0.2, -0.15) is 0 Å². The first-order valence-electron chi connectivity index (χ1n) is 14.6. The van der Waals surface area contributed by atoms with Gasteiger partial charge in [0.1, 0.15) is 17.8 Å². The van der Waals surface area contributed by atoms with Crippen LogP contribution in [0.2, 0.25) is 0 Å². The molecule has 0 aromatic carbocycles. The van der Waals surface area contributed by atoms with Crippen molar-refractivity contribution >= 4 is 23.7 Å². The molecule has 11 heteroatoms. The molecular weight excluding hydrogens is 572 g/mol. The van der Waals surface area contributed by atoms with Crippen LogP contribution in [0.3, 0.4) is 0 Å². The van der Waals surface area contributed by atoms with Crippen molar-refractivity contribution in [1.82, 2.24) is 0 Å². The van der Waals surface area contributed by atoms with E-state index in [2.05, 4.69) is 13.2 Å². The predicted molar refractivity (Wildman–Crippen MR) is 154 cm³/mol. The molecule has 1 N–H and O–H groups in total. The second-order valence-electron chi connectivity index (χ2n) is 13.3. The summed E-state index contributed by atoms with van der Waals surface area (Å²) in [5.41, 5.74) is -3.03. The number of ether oxygens (including phenoxy) is 5. The summed E-state index contributed by atoms with van der Waals surface area (Å²) < 4.78 is 34.8. The third kappa shape index (κ3) is 4.26. The molecule has 3 aliphatic carbocycles. The number of furan rings is 1. The molecule has 1 spiro atoms. The standard InChI is InChI=1S/C33H40O11/c1-16-24(31(7)12-10-22(37)30(5,6)27(31)26(29(38)39-9)42-18(3)35)25(41-17(2)34)28(43-19(4)36)32(8)21(20-11-13-40-15-20)14-23-33(16,32)44-23/h10-13,15,21,23-28,35H,1,3,14H2,2,4-9H3. The maximum absolute atomic E-state index is 13.4. The Morgan fingerprint density at radius 1 is 1.11 bits per heavy atom. The smallest absolute Gasteiger partial charge is 0.347 e. The van der Waals surface area contributed by atoms with E-state index in [4.69, 9.17) is 28.1 Å². The highest BCUT2D eigenvalue weighted by Crippen LogP contribution is 2.76. The zero-order chi connectivity index (χ0) is 32.6. The summed E-state index contributed by atoms with van der Waals surface area (Å²) in [5.74, 6) is -5.21. The maximum atomic E-state index is 13.4. The molecule has 2 saturated carbocycles. The molecule has 10 unspecified atom stereocenters. The molecule has 1 aromatic heterocycles. The van der Waals surface area contributed by atoms with Gasteiger partial charge in [0.05, 0.1) is 31.2 Å². The number of ketones is 1. The first kappa shape index (κ1) is 31.6. The lowest BCUT2D eigenvalue weighted by atomic mass is 9.46. The summed E-state index contributed by atoms with van der Waals surface area (Å²) in [6, 6.07) is 1.85. The summed E-state index contributed by atoms with van der Waals surface area (Å²) in [6.07, 6.45) is 2.88. The minimum atomic E-state index is -1.51. The van der Waals surface area contributed by atoms with Crippen LogP contribution in [0.5, 0.6) is 0 Å². The van der Waals surface area contributed by atoms with Crippen molar-refractivity contribution in [1.29, 1.82) is 0 Å². The number of allylic oxidation sites excluding steroid dienone is 2. The molecule has 4 aliphatic rings. The van der Waals surface area contributed by atoms with E-state index in [-0.39, 0.29) is 17.8 Å². The van der Waals surface area contributed by atoms with E-state index in [9.17, 15) is 24.3 Å². The van der Waals surface area contributed by atoms with E-state index in [0.717, 1.165) is 5.56 Å². The molecule has 1 aliphatic heterocycles. The van der Waals surface area contributed by atoms with Crippen molar-refractivity contribution in [2.75, 3.05) is 7.11 Å². The van der Waals surface area contributed by atoms with Crippen molar-refractivity contribution < 1.29 is 52.4 Å². The Balaban J connectivity index is 1.77. The van der Waals surface area contributed by atoms with Crippen molar-refractivity contribution in [2.45, 2.75) is 83.9 Å². The third-order valence-corrected chi connectivity index (χ3v) is 10.7. The van der Waals surface area contributed by atoms with E-state index < -0.39 is 75.8 Å². The van der Waals surface area contributed by atoms with Gasteiger partial charge in [0.2, 0.25) is 6.10 Å². The van der Waals surface area contributed by atoms with Crippen LogP contribution in [0.1, 0.15) is 59.4 Å². The largest absolute Gasteiger partial charge is 0.481 e. The molecule has 5 rings (SSSR count). The second kappa shape index (κ2) is 10.4. The number of esters is 3.